The van der Waals surface area contributed by atoms with Crippen molar-refractivity contribution in [3.8, 4) is 0 Å². The molecule has 0 aromatic rings. The first-order valence-electron chi connectivity index (χ1n) is 6.36. The first-order chi connectivity index (χ1) is 8.42. The SMILES string of the molecule is CC(C)NC(CSCC(O)CO)(C(N)=O)C1CC1. The molecule has 1 saturated carbocycles. The lowest BCUT2D eigenvalue weighted by atomic mass is 9.93. The van der Waals surface area contributed by atoms with Crippen molar-refractivity contribution in [3.05, 3.63) is 0 Å². The van der Waals surface area contributed by atoms with E-state index >= 15 is 0 Å². The van der Waals surface area contributed by atoms with Gasteiger partial charge in [0.25, 0.3) is 0 Å². The summed E-state index contributed by atoms with van der Waals surface area (Å²) in [5.41, 5.74) is 4.91. The highest BCUT2D eigenvalue weighted by Gasteiger charge is 2.49. The van der Waals surface area contributed by atoms with Crippen molar-refractivity contribution in [2.75, 3.05) is 18.1 Å². The Morgan fingerprint density at radius 3 is 2.56 bits per heavy atom. The van der Waals surface area contributed by atoms with E-state index in [4.69, 9.17) is 10.8 Å². The third-order valence-electron chi connectivity index (χ3n) is 3.11. The number of hydrogen-bond acceptors (Lipinski definition) is 5. The van der Waals surface area contributed by atoms with E-state index < -0.39 is 11.6 Å². The Morgan fingerprint density at radius 2 is 2.17 bits per heavy atom. The fraction of sp³-hybridized carbons (Fsp3) is 0.917. The van der Waals surface area contributed by atoms with Crippen LogP contribution in [0.1, 0.15) is 26.7 Å². The van der Waals surface area contributed by atoms with Crippen molar-refractivity contribution in [2.24, 2.45) is 11.7 Å². The van der Waals surface area contributed by atoms with Crippen LogP contribution in [0.2, 0.25) is 0 Å². The van der Waals surface area contributed by atoms with Gasteiger partial charge in [-0.2, -0.15) is 11.8 Å². The molecule has 2 atom stereocenters. The van der Waals surface area contributed by atoms with Gasteiger partial charge in [-0.3, -0.25) is 4.79 Å². The van der Waals surface area contributed by atoms with E-state index in [0.717, 1.165) is 12.8 Å². The van der Waals surface area contributed by atoms with Crippen molar-refractivity contribution in [2.45, 2.75) is 44.4 Å². The van der Waals surface area contributed by atoms with Crippen molar-refractivity contribution in [1.29, 1.82) is 0 Å². The number of amides is 1. The summed E-state index contributed by atoms with van der Waals surface area (Å²) in [4.78, 5) is 11.8. The van der Waals surface area contributed by atoms with Gasteiger partial charge in [-0.15, -0.1) is 0 Å². The summed E-state index contributed by atoms with van der Waals surface area (Å²) in [7, 11) is 0. The van der Waals surface area contributed by atoms with Gasteiger partial charge in [0.1, 0.15) is 5.54 Å². The Hall–Kier alpha value is -0.300. The van der Waals surface area contributed by atoms with E-state index in [0.29, 0.717) is 17.4 Å². The maximum atomic E-state index is 11.8. The minimum atomic E-state index is -0.737. The number of nitrogens with one attached hydrogen (secondary N) is 1. The van der Waals surface area contributed by atoms with Crippen LogP contribution in [0.15, 0.2) is 0 Å². The lowest BCUT2D eigenvalue weighted by Crippen LogP contribution is -2.61. The van der Waals surface area contributed by atoms with Gasteiger partial charge in [0.05, 0.1) is 12.7 Å². The largest absolute Gasteiger partial charge is 0.394 e. The van der Waals surface area contributed by atoms with Crippen LogP contribution in [0.25, 0.3) is 0 Å². The first-order valence-corrected chi connectivity index (χ1v) is 7.52. The maximum absolute atomic E-state index is 11.8. The second-order valence-electron chi connectivity index (χ2n) is 5.26. The van der Waals surface area contributed by atoms with Crippen molar-refractivity contribution in [1.82, 2.24) is 5.32 Å². The molecule has 1 aliphatic rings. The lowest BCUT2D eigenvalue weighted by Gasteiger charge is -2.34. The Balaban J connectivity index is 2.61. The average molecular weight is 276 g/mol. The minimum absolute atomic E-state index is 0.182. The van der Waals surface area contributed by atoms with Crippen molar-refractivity contribution in [3.63, 3.8) is 0 Å². The standard InChI is InChI=1S/C12H24N2O3S/c1-8(2)14-12(11(13)17,9-3-4-9)7-18-6-10(16)5-15/h8-10,14-16H,3-7H2,1-2H3,(H2,13,17). The zero-order valence-corrected chi connectivity index (χ0v) is 11.9. The van der Waals surface area contributed by atoms with Crippen LogP contribution >= 0.6 is 11.8 Å². The smallest absolute Gasteiger partial charge is 0.238 e. The minimum Gasteiger partial charge on any atom is -0.394 e. The van der Waals surface area contributed by atoms with Gasteiger partial charge in [-0.1, -0.05) is 0 Å². The predicted molar refractivity (Wildman–Crippen MR) is 73.3 cm³/mol. The van der Waals surface area contributed by atoms with Crippen LogP contribution in [0, 0.1) is 5.92 Å². The number of thioether (sulfide) groups is 1. The summed E-state index contributed by atoms with van der Waals surface area (Å²) in [6.07, 6.45) is 1.30. The molecule has 6 heteroatoms. The van der Waals surface area contributed by atoms with Crippen molar-refractivity contribution >= 4 is 17.7 Å². The van der Waals surface area contributed by atoms with E-state index in [1.165, 1.54) is 11.8 Å². The van der Waals surface area contributed by atoms with Crippen molar-refractivity contribution < 1.29 is 15.0 Å². The monoisotopic (exact) mass is 276 g/mol. The Kier molecular flexibility index (Phi) is 5.91. The first kappa shape index (κ1) is 15.8. The molecule has 5 nitrogen and oxygen atoms in total. The molecule has 1 rings (SSSR count). The van der Waals surface area contributed by atoms with Gasteiger partial charge in [-0.05, 0) is 32.6 Å². The summed E-state index contributed by atoms with van der Waals surface area (Å²) in [6.45, 7) is 3.73. The van der Waals surface area contributed by atoms with E-state index in [9.17, 15) is 9.90 Å². The summed E-state index contributed by atoms with van der Waals surface area (Å²) >= 11 is 1.46. The predicted octanol–water partition coefficient (Wildman–Crippen LogP) is -0.295. The fourth-order valence-electron chi connectivity index (χ4n) is 2.12. The van der Waals surface area contributed by atoms with Gasteiger partial charge >= 0.3 is 0 Å². The van der Waals surface area contributed by atoms with Gasteiger partial charge < -0.3 is 21.3 Å². The number of carbonyl (C=O) groups excluding carboxylic acids is 1. The quantitative estimate of drug-likeness (QED) is 0.464. The number of hydrogen-bond donors (Lipinski definition) is 4. The summed E-state index contributed by atoms with van der Waals surface area (Å²) in [5, 5.41) is 21.4. The molecule has 0 aromatic heterocycles. The number of nitrogens with two attached hydrogens (primary N) is 1. The number of rotatable bonds is 9. The fourth-order valence-corrected chi connectivity index (χ4v) is 3.40. The molecule has 2 unspecified atom stereocenters. The highest BCUT2D eigenvalue weighted by atomic mass is 32.2. The molecule has 0 spiro atoms. The van der Waals surface area contributed by atoms with Gasteiger partial charge in [0, 0.05) is 17.5 Å². The third kappa shape index (κ3) is 4.12. The van der Waals surface area contributed by atoms with Gasteiger partial charge in [0.15, 0.2) is 0 Å². The van der Waals surface area contributed by atoms with E-state index in [-0.39, 0.29) is 18.6 Å². The maximum Gasteiger partial charge on any atom is 0.238 e. The third-order valence-corrected chi connectivity index (χ3v) is 4.39. The molecule has 0 aliphatic heterocycles. The average Bonchev–Trinajstić information content (AvgIpc) is 3.10. The van der Waals surface area contributed by atoms with Crippen LogP contribution in [0.5, 0.6) is 0 Å². The number of carbonyl (C=O) groups is 1. The molecule has 1 aliphatic carbocycles. The van der Waals surface area contributed by atoms with Crippen LogP contribution < -0.4 is 11.1 Å². The Morgan fingerprint density at radius 1 is 1.56 bits per heavy atom. The number of aliphatic hydroxyl groups excluding tert-OH is 2. The molecule has 0 saturated heterocycles. The molecular weight excluding hydrogens is 252 g/mol. The van der Waals surface area contributed by atoms with Crippen LogP contribution in [-0.4, -0.2) is 51.9 Å². The second kappa shape index (κ2) is 6.75. The topological polar surface area (TPSA) is 95.6 Å². The van der Waals surface area contributed by atoms with E-state index in [1.54, 1.807) is 0 Å². The summed E-state index contributed by atoms with van der Waals surface area (Å²) < 4.78 is 0. The second-order valence-corrected chi connectivity index (χ2v) is 6.29. The zero-order valence-electron chi connectivity index (χ0n) is 11.1. The molecule has 106 valence electrons. The van der Waals surface area contributed by atoms with Crippen LogP contribution in [0.3, 0.4) is 0 Å². The normalized spacial score (nSPS) is 20.7. The Labute approximate surface area is 113 Å². The molecule has 1 fully saturated rings. The molecule has 0 heterocycles. The lowest BCUT2D eigenvalue weighted by molar-refractivity contribution is -0.124. The molecule has 18 heavy (non-hydrogen) atoms. The molecular formula is C12H24N2O3S. The molecule has 1 amide bonds. The molecule has 5 N–H and O–H groups in total. The molecule has 0 aromatic carbocycles. The number of primary amides is 1. The Bertz CT molecular complexity index is 284. The molecule has 0 bridgehead atoms. The van der Waals surface area contributed by atoms with Gasteiger partial charge in [0.2, 0.25) is 5.91 Å². The highest BCUT2D eigenvalue weighted by molar-refractivity contribution is 7.99. The summed E-state index contributed by atoms with van der Waals surface area (Å²) in [5.74, 6) is 0.946. The molecule has 0 radical (unpaired) electrons. The summed E-state index contributed by atoms with van der Waals surface area (Å²) in [6, 6.07) is 0.182. The van der Waals surface area contributed by atoms with Gasteiger partial charge in [-0.25, -0.2) is 0 Å². The van der Waals surface area contributed by atoms with E-state index in [2.05, 4.69) is 5.32 Å². The number of aliphatic hydroxyl groups is 2. The van der Waals surface area contributed by atoms with Crippen LogP contribution in [-0.2, 0) is 4.79 Å². The highest BCUT2D eigenvalue weighted by Crippen LogP contribution is 2.41. The zero-order chi connectivity index (χ0) is 13.8. The van der Waals surface area contributed by atoms with E-state index in [1.807, 2.05) is 13.8 Å². The van der Waals surface area contributed by atoms with Crippen LogP contribution in [0.4, 0.5) is 0 Å².